The lowest BCUT2D eigenvalue weighted by Crippen LogP contribution is -2.41. The third-order valence-electron chi connectivity index (χ3n) is 4.24. The van der Waals surface area contributed by atoms with Gasteiger partial charge in [-0.2, -0.15) is 0 Å². The van der Waals surface area contributed by atoms with E-state index in [1.165, 1.54) is 25.9 Å². The minimum Gasteiger partial charge on any atom is -0.381 e. The zero-order valence-electron chi connectivity index (χ0n) is 13.7. The first-order valence-electron chi connectivity index (χ1n) is 7.94. The number of hydrogen-bond donors (Lipinski definition) is 1. The molecule has 0 aromatic carbocycles. The minimum atomic E-state index is 0. The Hall–Kier alpha value is -0.0800. The molecule has 21 heavy (non-hydrogen) atoms. The Labute approximate surface area is 146 Å². The highest BCUT2D eigenvalue weighted by Gasteiger charge is 2.21. The normalized spacial score (nSPS) is 26.7. The van der Waals surface area contributed by atoms with E-state index in [9.17, 15) is 0 Å². The van der Waals surface area contributed by atoms with Crippen LogP contribution < -0.4 is 5.32 Å². The van der Waals surface area contributed by atoms with Crippen molar-refractivity contribution in [1.29, 1.82) is 0 Å². The highest BCUT2D eigenvalue weighted by molar-refractivity contribution is 14.0. The Morgan fingerprint density at radius 1 is 1.38 bits per heavy atom. The molecule has 2 saturated heterocycles. The van der Waals surface area contributed by atoms with Gasteiger partial charge in [-0.1, -0.05) is 0 Å². The van der Waals surface area contributed by atoms with Gasteiger partial charge < -0.3 is 19.9 Å². The molecular formula is C15H31IN4O. The van der Waals surface area contributed by atoms with Gasteiger partial charge in [-0.15, -0.1) is 24.0 Å². The summed E-state index contributed by atoms with van der Waals surface area (Å²) in [6.07, 6.45) is 2.46. The number of aliphatic imine (C=N–C) groups is 1. The molecule has 1 N–H and O–H groups in total. The molecule has 2 fully saturated rings. The second kappa shape index (κ2) is 9.84. The lowest BCUT2D eigenvalue weighted by molar-refractivity contribution is 0.181. The molecule has 5 nitrogen and oxygen atoms in total. The summed E-state index contributed by atoms with van der Waals surface area (Å²) in [5.41, 5.74) is 0. The highest BCUT2D eigenvalue weighted by Crippen LogP contribution is 2.15. The molecule has 2 heterocycles. The van der Waals surface area contributed by atoms with Crippen molar-refractivity contribution < 1.29 is 4.74 Å². The molecular weight excluding hydrogens is 379 g/mol. The van der Waals surface area contributed by atoms with E-state index >= 15 is 0 Å². The Morgan fingerprint density at radius 3 is 2.76 bits per heavy atom. The van der Waals surface area contributed by atoms with Crippen LogP contribution in [0.1, 0.15) is 19.8 Å². The van der Waals surface area contributed by atoms with E-state index in [0.717, 1.165) is 44.7 Å². The van der Waals surface area contributed by atoms with Crippen molar-refractivity contribution in [3.8, 4) is 0 Å². The van der Waals surface area contributed by atoms with Crippen molar-refractivity contribution in [2.24, 2.45) is 16.8 Å². The SMILES string of the molecule is CCNC(=NCC1CCN(C)C1)N(C)CC1CCOC1.I. The highest BCUT2D eigenvalue weighted by atomic mass is 127. The summed E-state index contributed by atoms with van der Waals surface area (Å²) in [5, 5.41) is 3.41. The molecule has 2 atom stereocenters. The van der Waals surface area contributed by atoms with Crippen LogP contribution in [0, 0.1) is 11.8 Å². The summed E-state index contributed by atoms with van der Waals surface area (Å²) in [6, 6.07) is 0. The van der Waals surface area contributed by atoms with Gasteiger partial charge in [-0.3, -0.25) is 4.99 Å². The maximum atomic E-state index is 5.46. The Morgan fingerprint density at radius 2 is 2.19 bits per heavy atom. The Kier molecular flexibility index (Phi) is 8.89. The average Bonchev–Trinajstić information content (AvgIpc) is 3.06. The van der Waals surface area contributed by atoms with Crippen molar-refractivity contribution in [3.05, 3.63) is 0 Å². The summed E-state index contributed by atoms with van der Waals surface area (Å²) in [4.78, 5) is 9.50. The summed E-state index contributed by atoms with van der Waals surface area (Å²) in [7, 11) is 4.34. The predicted molar refractivity (Wildman–Crippen MR) is 98.6 cm³/mol. The summed E-state index contributed by atoms with van der Waals surface area (Å²) >= 11 is 0. The quantitative estimate of drug-likeness (QED) is 0.424. The van der Waals surface area contributed by atoms with Crippen LogP contribution in [-0.2, 0) is 4.74 Å². The second-order valence-electron chi connectivity index (χ2n) is 6.22. The number of rotatable bonds is 5. The largest absolute Gasteiger partial charge is 0.381 e. The fourth-order valence-electron chi connectivity index (χ4n) is 3.06. The van der Waals surface area contributed by atoms with Crippen LogP contribution in [0.2, 0.25) is 0 Å². The van der Waals surface area contributed by atoms with Gasteiger partial charge >= 0.3 is 0 Å². The number of halogens is 1. The first-order valence-corrected chi connectivity index (χ1v) is 7.94. The van der Waals surface area contributed by atoms with Crippen molar-refractivity contribution in [2.75, 3.05) is 60.0 Å². The topological polar surface area (TPSA) is 40.1 Å². The van der Waals surface area contributed by atoms with Gasteiger partial charge in [0.05, 0.1) is 6.61 Å². The van der Waals surface area contributed by atoms with Gasteiger partial charge in [0, 0.05) is 45.8 Å². The molecule has 124 valence electrons. The molecule has 0 aromatic rings. The summed E-state index contributed by atoms with van der Waals surface area (Å²) in [6.45, 7) is 9.25. The van der Waals surface area contributed by atoms with Gasteiger partial charge in [0.15, 0.2) is 5.96 Å². The van der Waals surface area contributed by atoms with E-state index in [4.69, 9.17) is 9.73 Å². The van der Waals surface area contributed by atoms with E-state index < -0.39 is 0 Å². The van der Waals surface area contributed by atoms with E-state index in [2.05, 4.69) is 36.1 Å². The molecule has 2 unspecified atom stereocenters. The second-order valence-corrected chi connectivity index (χ2v) is 6.22. The van der Waals surface area contributed by atoms with Crippen molar-refractivity contribution in [3.63, 3.8) is 0 Å². The number of nitrogens with one attached hydrogen (secondary N) is 1. The van der Waals surface area contributed by atoms with Gasteiger partial charge in [-0.05, 0) is 39.3 Å². The number of guanidine groups is 1. The van der Waals surface area contributed by atoms with Crippen molar-refractivity contribution in [1.82, 2.24) is 15.1 Å². The van der Waals surface area contributed by atoms with Crippen LogP contribution in [-0.4, -0.2) is 75.8 Å². The minimum absolute atomic E-state index is 0. The molecule has 0 radical (unpaired) electrons. The third kappa shape index (κ3) is 6.28. The van der Waals surface area contributed by atoms with E-state index in [-0.39, 0.29) is 24.0 Å². The van der Waals surface area contributed by atoms with Gasteiger partial charge in [0.2, 0.25) is 0 Å². The molecule has 0 spiro atoms. The molecule has 0 saturated carbocycles. The van der Waals surface area contributed by atoms with Gasteiger partial charge in [0.25, 0.3) is 0 Å². The lowest BCUT2D eigenvalue weighted by Gasteiger charge is -2.25. The van der Waals surface area contributed by atoms with E-state index in [1.54, 1.807) is 0 Å². The Balaban J connectivity index is 0.00000220. The molecule has 0 aromatic heterocycles. The predicted octanol–water partition coefficient (Wildman–Crippen LogP) is 1.49. The number of nitrogens with zero attached hydrogens (tertiary/aromatic N) is 3. The number of likely N-dealkylation sites (tertiary alicyclic amines) is 1. The monoisotopic (exact) mass is 410 g/mol. The molecule has 2 aliphatic heterocycles. The number of hydrogen-bond acceptors (Lipinski definition) is 3. The fraction of sp³-hybridized carbons (Fsp3) is 0.933. The van der Waals surface area contributed by atoms with Crippen molar-refractivity contribution >= 4 is 29.9 Å². The zero-order valence-corrected chi connectivity index (χ0v) is 16.0. The standard InChI is InChI=1S/C15H30N4O.HI/c1-4-16-15(17-9-13-5-7-18(2)10-13)19(3)11-14-6-8-20-12-14;/h13-14H,4-12H2,1-3H3,(H,16,17);1H. The van der Waals surface area contributed by atoms with Gasteiger partial charge in [0.1, 0.15) is 0 Å². The smallest absolute Gasteiger partial charge is 0.193 e. The van der Waals surface area contributed by atoms with Crippen LogP contribution in [0.3, 0.4) is 0 Å². The van der Waals surface area contributed by atoms with E-state index in [1.807, 2.05) is 0 Å². The van der Waals surface area contributed by atoms with Crippen LogP contribution in [0.5, 0.6) is 0 Å². The third-order valence-corrected chi connectivity index (χ3v) is 4.24. The molecule has 0 amide bonds. The van der Waals surface area contributed by atoms with Crippen LogP contribution in [0.4, 0.5) is 0 Å². The number of ether oxygens (including phenoxy) is 1. The molecule has 2 aliphatic rings. The summed E-state index contributed by atoms with van der Waals surface area (Å²) in [5.74, 6) is 2.42. The van der Waals surface area contributed by atoms with Crippen LogP contribution in [0.15, 0.2) is 4.99 Å². The maximum Gasteiger partial charge on any atom is 0.193 e. The molecule has 0 aliphatic carbocycles. The first kappa shape index (κ1) is 19.0. The molecule has 2 rings (SSSR count). The van der Waals surface area contributed by atoms with Crippen LogP contribution >= 0.6 is 24.0 Å². The summed E-state index contributed by atoms with van der Waals surface area (Å²) < 4.78 is 5.46. The Bertz CT molecular complexity index is 321. The average molecular weight is 410 g/mol. The lowest BCUT2D eigenvalue weighted by atomic mass is 10.1. The van der Waals surface area contributed by atoms with Crippen molar-refractivity contribution in [2.45, 2.75) is 19.8 Å². The first-order chi connectivity index (χ1) is 9.69. The molecule has 6 heteroatoms. The van der Waals surface area contributed by atoms with E-state index in [0.29, 0.717) is 5.92 Å². The molecule has 0 bridgehead atoms. The van der Waals surface area contributed by atoms with Crippen LogP contribution in [0.25, 0.3) is 0 Å². The maximum absolute atomic E-state index is 5.46. The fourth-order valence-corrected chi connectivity index (χ4v) is 3.06. The zero-order chi connectivity index (χ0) is 14.4. The van der Waals surface area contributed by atoms with Gasteiger partial charge in [-0.25, -0.2) is 0 Å².